The molecule has 0 spiro atoms. The molecule has 6 heteroatoms. The summed E-state index contributed by atoms with van der Waals surface area (Å²) in [4.78, 5) is 3.91. The topological polar surface area (TPSA) is 68.8 Å². The van der Waals surface area contributed by atoms with Crippen molar-refractivity contribution < 1.29 is 0 Å². The monoisotopic (exact) mass is 237 g/mol. The predicted molar refractivity (Wildman–Crippen MR) is 64.2 cm³/mol. The van der Waals surface area contributed by atoms with Crippen LogP contribution in [0.3, 0.4) is 0 Å². The van der Waals surface area contributed by atoms with Gasteiger partial charge >= 0.3 is 0 Å². The lowest BCUT2D eigenvalue weighted by Crippen LogP contribution is -2.04. The van der Waals surface area contributed by atoms with Gasteiger partial charge in [0.1, 0.15) is 5.82 Å². The Hall–Kier alpha value is -1.75. The molecule has 2 heterocycles. The van der Waals surface area contributed by atoms with Gasteiger partial charge in [0.15, 0.2) is 0 Å². The number of aryl methyl sites for hydroxylation is 1. The number of anilines is 2. The lowest BCUT2D eigenvalue weighted by Gasteiger charge is -2.06. The summed E-state index contributed by atoms with van der Waals surface area (Å²) >= 11 is 5.96. The summed E-state index contributed by atoms with van der Waals surface area (Å²) in [6, 6.07) is 1.81. The van der Waals surface area contributed by atoms with Crippen molar-refractivity contribution in [1.29, 1.82) is 0 Å². The summed E-state index contributed by atoms with van der Waals surface area (Å²) in [5.74, 6) is 0.651. The molecule has 2 rings (SSSR count). The molecule has 0 saturated heterocycles. The Morgan fingerprint density at radius 1 is 1.50 bits per heavy atom. The number of hydrogen-bond donors (Lipinski definition) is 2. The van der Waals surface area contributed by atoms with Gasteiger partial charge in [-0.3, -0.25) is 9.67 Å². The van der Waals surface area contributed by atoms with Crippen molar-refractivity contribution in [3.8, 4) is 0 Å². The highest BCUT2D eigenvalue weighted by Gasteiger charge is 2.05. The minimum absolute atomic E-state index is 0.587. The van der Waals surface area contributed by atoms with Crippen LogP contribution in [0, 0.1) is 0 Å². The fourth-order valence-electron chi connectivity index (χ4n) is 1.34. The Morgan fingerprint density at radius 2 is 2.31 bits per heavy atom. The number of nitrogens with zero attached hydrogens (tertiary/aromatic N) is 3. The van der Waals surface area contributed by atoms with Crippen molar-refractivity contribution in [2.45, 2.75) is 6.54 Å². The molecule has 0 fully saturated rings. The molecule has 0 aliphatic heterocycles. The van der Waals surface area contributed by atoms with Crippen molar-refractivity contribution in [1.82, 2.24) is 14.8 Å². The number of aromatic nitrogens is 3. The highest BCUT2D eigenvalue weighted by molar-refractivity contribution is 6.33. The summed E-state index contributed by atoms with van der Waals surface area (Å²) in [5.41, 5.74) is 7.59. The molecular weight excluding hydrogens is 226 g/mol. The minimum Gasteiger partial charge on any atom is -0.384 e. The Labute approximate surface area is 98.2 Å². The standard InChI is InChI=1S/C10H12ClN5/c1-16-10(12)7(5-15-16)4-14-9-2-3-13-6-8(9)11/h2-3,5-6H,4,12H2,1H3,(H,13,14). The first-order valence-corrected chi connectivity index (χ1v) is 5.16. The van der Waals surface area contributed by atoms with Crippen LogP contribution in [-0.4, -0.2) is 14.8 Å². The number of nitrogen functional groups attached to an aromatic ring is 1. The number of rotatable bonds is 3. The van der Waals surface area contributed by atoms with Gasteiger partial charge in [0.2, 0.25) is 0 Å². The van der Waals surface area contributed by atoms with E-state index in [2.05, 4.69) is 15.4 Å². The smallest absolute Gasteiger partial charge is 0.126 e. The van der Waals surface area contributed by atoms with Gasteiger partial charge in [-0.1, -0.05) is 11.6 Å². The zero-order valence-electron chi connectivity index (χ0n) is 8.81. The van der Waals surface area contributed by atoms with E-state index in [0.717, 1.165) is 11.3 Å². The predicted octanol–water partition coefficient (Wildman–Crippen LogP) is 1.66. The van der Waals surface area contributed by atoms with Gasteiger partial charge in [0.05, 0.1) is 16.9 Å². The average Bonchev–Trinajstić information content (AvgIpc) is 2.59. The number of nitrogens with two attached hydrogens (primary N) is 1. The quantitative estimate of drug-likeness (QED) is 0.852. The maximum absolute atomic E-state index is 5.96. The molecule has 0 bridgehead atoms. The molecule has 84 valence electrons. The lowest BCUT2D eigenvalue weighted by atomic mass is 10.3. The third-order valence-corrected chi connectivity index (χ3v) is 2.61. The van der Waals surface area contributed by atoms with E-state index < -0.39 is 0 Å². The van der Waals surface area contributed by atoms with E-state index in [1.54, 1.807) is 30.3 Å². The van der Waals surface area contributed by atoms with Crippen molar-refractivity contribution in [3.05, 3.63) is 35.2 Å². The molecule has 0 aliphatic rings. The van der Waals surface area contributed by atoms with Crippen LogP contribution in [0.15, 0.2) is 24.7 Å². The van der Waals surface area contributed by atoms with Gasteiger partial charge in [-0.05, 0) is 6.07 Å². The molecule has 0 aliphatic carbocycles. The van der Waals surface area contributed by atoms with Crippen molar-refractivity contribution in [2.24, 2.45) is 7.05 Å². The molecule has 16 heavy (non-hydrogen) atoms. The van der Waals surface area contributed by atoms with Crippen LogP contribution in [0.4, 0.5) is 11.5 Å². The van der Waals surface area contributed by atoms with Gasteiger partial charge in [-0.25, -0.2) is 0 Å². The van der Waals surface area contributed by atoms with E-state index in [9.17, 15) is 0 Å². The number of nitrogens with one attached hydrogen (secondary N) is 1. The summed E-state index contributed by atoms with van der Waals surface area (Å²) in [6.07, 6.45) is 5.01. The van der Waals surface area contributed by atoms with Gasteiger partial charge in [0.25, 0.3) is 0 Å². The van der Waals surface area contributed by atoms with E-state index >= 15 is 0 Å². The van der Waals surface area contributed by atoms with Gasteiger partial charge in [0, 0.05) is 31.5 Å². The van der Waals surface area contributed by atoms with E-state index in [0.29, 0.717) is 17.4 Å². The average molecular weight is 238 g/mol. The third kappa shape index (κ3) is 2.09. The Bertz CT molecular complexity index is 494. The first-order chi connectivity index (χ1) is 7.68. The van der Waals surface area contributed by atoms with Crippen molar-refractivity contribution in [3.63, 3.8) is 0 Å². The minimum atomic E-state index is 0.587. The van der Waals surface area contributed by atoms with Crippen LogP contribution in [-0.2, 0) is 13.6 Å². The molecule has 3 N–H and O–H groups in total. The fraction of sp³-hybridized carbons (Fsp3) is 0.200. The molecule has 0 saturated carbocycles. The van der Waals surface area contributed by atoms with Crippen LogP contribution in [0.1, 0.15) is 5.56 Å². The van der Waals surface area contributed by atoms with E-state index in [1.165, 1.54) is 0 Å². The summed E-state index contributed by atoms with van der Waals surface area (Å²) in [6.45, 7) is 0.587. The molecule has 0 aromatic carbocycles. The molecule has 2 aromatic rings. The largest absolute Gasteiger partial charge is 0.384 e. The zero-order chi connectivity index (χ0) is 11.5. The first kappa shape index (κ1) is 10.8. The Morgan fingerprint density at radius 3 is 2.94 bits per heavy atom. The van der Waals surface area contributed by atoms with Crippen LogP contribution < -0.4 is 11.1 Å². The highest BCUT2D eigenvalue weighted by Crippen LogP contribution is 2.20. The van der Waals surface area contributed by atoms with E-state index in [1.807, 2.05) is 6.07 Å². The number of hydrogen-bond acceptors (Lipinski definition) is 4. The maximum atomic E-state index is 5.96. The van der Waals surface area contributed by atoms with Gasteiger partial charge in [-0.2, -0.15) is 5.10 Å². The summed E-state index contributed by atoms with van der Waals surface area (Å²) in [5, 5.41) is 7.82. The molecule has 5 nitrogen and oxygen atoms in total. The number of pyridine rings is 1. The molecule has 0 amide bonds. The molecule has 0 atom stereocenters. The zero-order valence-corrected chi connectivity index (χ0v) is 9.57. The fourth-order valence-corrected chi connectivity index (χ4v) is 1.52. The summed E-state index contributed by atoms with van der Waals surface area (Å²) < 4.78 is 1.63. The normalized spacial score (nSPS) is 10.4. The van der Waals surface area contributed by atoms with Gasteiger partial charge < -0.3 is 11.1 Å². The summed E-state index contributed by atoms with van der Waals surface area (Å²) in [7, 11) is 1.80. The third-order valence-electron chi connectivity index (χ3n) is 2.31. The number of halogens is 1. The Balaban J connectivity index is 2.08. The van der Waals surface area contributed by atoms with Crippen molar-refractivity contribution in [2.75, 3.05) is 11.1 Å². The van der Waals surface area contributed by atoms with Crippen LogP contribution in [0.2, 0.25) is 5.02 Å². The second-order valence-electron chi connectivity index (χ2n) is 3.39. The molecule has 0 radical (unpaired) electrons. The molecular formula is C10H12ClN5. The molecule has 0 unspecified atom stereocenters. The SMILES string of the molecule is Cn1ncc(CNc2ccncc2Cl)c1N. The van der Waals surface area contributed by atoms with Gasteiger partial charge in [-0.15, -0.1) is 0 Å². The second-order valence-corrected chi connectivity index (χ2v) is 3.79. The lowest BCUT2D eigenvalue weighted by molar-refractivity contribution is 0.778. The van der Waals surface area contributed by atoms with Crippen molar-refractivity contribution >= 4 is 23.1 Å². The second kappa shape index (κ2) is 4.40. The van der Waals surface area contributed by atoms with Crippen LogP contribution in [0.25, 0.3) is 0 Å². The first-order valence-electron chi connectivity index (χ1n) is 4.78. The Kier molecular flexibility index (Phi) is 2.96. The van der Waals surface area contributed by atoms with Crippen LogP contribution in [0.5, 0.6) is 0 Å². The van der Waals surface area contributed by atoms with E-state index in [-0.39, 0.29) is 0 Å². The maximum Gasteiger partial charge on any atom is 0.126 e. The highest BCUT2D eigenvalue weighted by atomic mass is 35.5. The van der Waals surface area contributed by atoms with Crippen LogP contribution >= 0.6 is 11.6 Å². The molecule has 2 aromatic heterocycles. The van der Waals surface area contributed by atoms with E-state index in [4.69, 9.17) is 17.3 Å².